The maximum Gasteiger partial charge on any atom is 0.410 e. The molecule has 0 spiro atoms. The fraction of sp³-hybridized carbons (Fsp3) is 0.333. The number of aromatic nitrogens is 2. The topological polar surface area (TPSA) is 78.5 Å². The van der Waals surface area contributed by atoms with Crippen molar-refractivity contribution >= 4 is 6.09 Å². The molecule has 0 fully saturated rings. The summed E-state index contributed by atoms with van der Waals surface area (Å²) in [4.78, 5) is 20.9. The third kappa shape index (κ3) is 2.99. The molecule has 110 valence electrons. The Balaban J connectivity index is 1.50. The van der Waals surface area contributed by atoms with Crippen LogP contribution in [0.1, 0.15) is 17.0 Å². The Hall–Kier alpha value is -2.50. The number of phenols is 1. The van der Waals surface area contributed by atoms with E-state index in [1.54, 1.807) is 23.4 Å². The predicted octanol–water partition coefficient (Wildman–Crippen LogP) is 1.85. The number of benzene rings is 1. The molecule has 6 nitrogen and oxygen atoms in total. The summed E-state index contributed by atoms with van der Waals surface area (Å²) >= 11 is 0. The van der Waals surface area contributed by atoms with E-state index in [2.05, 4.69) is 9.97 Å². The molecule has 0 bridgehead atoms. The summed E-state index contributed by atoms with van der Waals surface area (Å²) in [6, 6.07) is 7.06. The highest BCUT2D eigenvalue weighted by Crippen LogP contribution is 2.17. The van der Waals surface area contributed by atoms with Crippen LogP contribution in [0.15, 0.2) is 30.6 Å². The van der Waals surface area contributed by atoms with Crippen LogP contribution in [0.3, 0.4) is 0 Å². The minimum Gasteiger partial charge on any atom is -0.508 e. The predicted molar refractivity (Wildman–Crippen MR) is 75.9 cm³/mol. The first-order valence-corrected chi connectivity index (χ1v) is 6.94. The molecular weight excluding hydrogens is 270 g/mol. The number of nitrogens with one attached hydrogen (secondary N) is 1. The highest BCUT2D eigenvalue weighted by Gasteiger charge is 2.23. The number of carbonyl (C=O) groups is 1. The van der Waals surface area contributed by atoms with Gasteiger partial charge in [0.1, 0.15) is 5.75 Å². The van der Waals surface area contributed by atoms with Crippen molar-refractivity contribution in [2.45, 2.75) is 19.4 Å². The summed E-state index contributed by atoms with van der Waals surface area (Å²) in [6.45, 7) is 1.38. The van der Waals surface area contributed by atoms with E-state index in [1.807, 2.05) is 12.1 Å². The number of imidazole rings is 1. The Morgan fingerprint density at radius 1 is 1.43 bits per heavy atom. The van der Waals surface area contributed by atoms with Crippen molar-refractivity contribution in [3.05, 3.63) is 47.5 Å². The molecule has 1 amide bonds. The van der Waals surface area contributed by atoms with Crippen LogP contribution in [-0.2, 0) is 24.1 Å². The van der Waals surface area contributed by atoms with Gasteiger partial charge in [-0.25, -0.2) is 9.78 Å². The summed E-state index contributed by atoms with van der Waals surface area (Å²) in [5, 5.41) is 9.65. The Kier molecular flexibility index (Phi) is 3.77. The number of para-hydroxylation sites is 1. The van der Waals surface area contributed by atoms with E-state index in [9.17, 15) is 9.90 Å². The van der Waals surface area contributed by atoms with Crippen molar-refractivity contribution in [3.63, 3.8) is 0 Å². The summed E-state index contributed by atoms with van der Waals surface area (Å²) in [7, 11) is 0. The van der Waals surface area contributed by atoms with Gasteiger partial charge in [-0.15, -0.1) is 0 Å². The van der Waals surface area contributed by atoms with E-state index >= 15 is 0 Å². The number of carbonyl (C=O) groups excluding carboxylic acids is 1. The van der Waals surface area contributed by atoms with Gasteiger partial charge in [-0.3, -0.25) is 0 Å². The van der Waals surface area contributed by atoms with Crippen molar-refractivity contribution < 1.29 is 14.6 Å². The van der Waals surface area contributed by atoms with Gasteiger partial charge in [0.25, 0.3) is 0 Å². The van der Waals surface area contributed by atoms with Crippen LogP contribution in [0.5, 0.6) is 5.75 Å². The first-order valence-electron chi connectivity index (χ1n) is 6.94. The van der Waals surface area contributed by atoms with Gasteiger partial charge in [-0.1, -0.05) is 18.2 Å². The molecule has 2 aromatic rings. The van der Waals surface area contributed by atoms with Gasteiger partial charge in [0, 0.05) is 19.4 Å². The number of ether oxygens (including phenoxy) is 1. The molecule has 1 aliphatic heterocycles. The lowest BCUT2D eigenvalue weighted by Crippen LogP contribution is -2.36. The van der Waals surface area contributed by atoms with Gasteiger partial charge in [-0.05, 0) is 11.6 Å². The number of hydrogen-bond donors (Lipinski definition) is 2. The standard InChI is InChI=1S/C15H17N3O3/c19-14-4-2-1-3-11(14)6-8-21-15(20)18-7-5-12-13(9-18)17-10-16-12/h1-4,10,19H,5-9H2,(H,16,17). The minimum absolute atomic E-state index is 0.230. The quantitative estimate of drug-likeness (QED) is 0.903. The fourth-order valence-electron chi connectivity index (χ4n) is 2.43. The lowest BCUT2D eigenvalue weighted by molar-refractivity contribution is 0.0980. The largest absolute Gasteiger partial charge is 0.508 e. The van der Waals surface area contributed by atoms with E-state index in [-0.39, 0.29) is 18.4 Å². The molecule has 2 heterocycles. The zero-order valence-electron chi connectivity index (χ0n) is 11.6. The zero-order valence-corrected chi connectivity index (χ0v) is 11.6. The van der Waals surface area contributed by atoms with E-state index in [4.69, 9.17) is 4.74 Å². The van der Waals surface area contributed by atoms with Gasteiger partial charge in [-0.2, -0.15) is 0 Å². The Morgan fingerprint density at radius 3 is 3.14 bits per heavy atom. The van der Waals surface area contributed by atoms with Crippen molar-refractivity contribution in [2.24, 2.45) is 0 Å². The van der Waals surface area contributed by atoms with E-state index < -0.39 is 0 Å². The Labute approximate surface area is 122 Å². The molecule has 1 aliphatic rings. The van der Waals surface area contributed by atoms with E-state index in [0.717, 1.165) is 23.4 Å². The molecule has 0 aliphatic carbocycles. The van der Waals surface area contributed by atoms with E-state index in [0.29, 0.717) is 19.5 Å². The highest BCUT2D eigenvalue weighted by molar-refractivity contribution is 5.68. The van der Waals surface area contributed by atoms with Crippen molar-refractivity contribution in [1.29, 1.82) is 0 Å². The lowest BCUT2D eigenvalue weighted by Gasteiger charge is -2.25. The van der Waals surface area contributed by atoms with Crippen LogP contribution < -0.4 is 0 Å². The first-order chi connectivity index (χ1) is 10.2. The summed E-state index contributed by atoms with van der Waals surface area (Å²) in [5.41, 5.74) is 2.77. The maximum atomic E-state index is 12.0. The van der Waals surface area contributed by atoms with Crippen LogP contribution >= 0.6 is 0 Å². The third-order valence-electron chi connectivity index (χ3n) is 3.62. The molecule has 0 unspecified atom stereocenters. The zero-order chi connectivity index (χ0) is 14.7. The molecule has 0 saturated heterocycles. The van der Waals surface area contributed by atoms with Gasteiger partial charge in [0.05, 0.1) is 30.9 Å². The number of hydrogen-bond acceptors (Lipinski definition) is 4. The van der Waals surface area contributed by atoms with Crippen LogP contribution in [-0.4, -0.2) is 39.2 Å². The van der Waals surface area contributed by atoms with Crippen LogP contribution in [0.2, 0.25) is 0 Å². The lowest BCUT2D eigenvalue weighted by atomic mass is 10.1. The van der Waals surface area contributed by atoms with E-state index in [1.165, 1.54) is 0 Å². The number of H-pyrrole nitrogens is 1. The minimum atomic E-state index is -0.328. The average molecular weight is 287 g/mol. The summed E-state index contributed by atoms with van der Waals surface area (Å²) in [5.74, 6) is 0.230. The van der Waals surface area contributed by atoms with Crippen LogP contribution in [0, 0.1) is 0 Å². The Morgan fingerprint density at radius 2 is 2.29 bits per heavy atom. The number of amides is 1. The number of phenolic OH excluding ortho intramolecular Hbond substituents is 1. The maximum absolute atomic E-state index is 12.0. The Bertz CT molecular complexity index is 639. The molecule has 0 saturated carbocycles. The number of aromatic amines is 1. The summed E-state index contributed by atoms with van der Waals surface area (Å²) in [6.07, 6.45) is 2.57. The van der Waals surface area contributed by atoms with Crippen molar-refractivity contribution in [2.75, 3.05) is 13.2 Å². The highest BCUT2D eigenvalue weighted by atomic mass is 16.6. The molecule has 2 N–H and O–H groups in total. The third-order valence-corrected chi connectivity index (χ3v) is 3.62. The first kappa shape index (κ1) is 13.5. The molecule has 3 rings (SSSR count). The normalized spacial score (nSPS) is 13.8. The average Bonchev–Trinajstić information content (AvgIpc) is 2.96. The molecule has 0 radical (unpaired) electrons. The molecule has 0 atom stereocenters. The second-order valence-corrected chi connectivity index (χ2v) is 4.99. The fourth-order valence-corrected chi connectivity index (χ4v) is 2.43. The molecule has 6 heteroatoms. The molecule has 1 aromatic carbocycles. The number of fused-ring (bicyclic) bond motifs is 1. The van der Waals surface area contributed by atoms with Crippen molar-refractivity contribution in [1.82, 2.24) is 14.9 Å². The molecular formula is C15H17N3O3. The van der Waals surface area contributed by atoms with Crippen LogP contribution in [0.4, 0.5) is 4.79 Å². The SMILES string of the molecule is O=C(OCCc1ccccc1O)N1CCc2nc[nH]c2C1. The number of nitrogens with zero attached hydrogens (tertiary/aromatic N) is 2. The second kappa shape index (κ2) is 5.87. The monoisotopic (exact) mass is 287 g/mol. The van der Waals surface area contributed by atoms with Crippen LogP contribution in [0.25, 0.3) is 0 Å². The molecule has 1 aromatic heterocycles. The summed E-state index contributed by atoms with van der Waals surface area (Å²) < 4.78 is 5.27. The number of aromatic hydroxyl groups is 1. The van der Waals surface area contributed by atoms with Gasteiger partial charge >= 0.3 is 6.09 Å². The molecule has 21 heavy (non-hydrogen) atoms. The smallest absolute Gasteiger partial charge is 0.410 e. The second-order valence-electron chi connectivity index (χ2n) is 4.99. The van der Waals surface area contributed by atoms with Gasteiger partial charge in [0.15, 0.2) is 0 Å². The van der Waals surface area contributed by atoms with Gasteiger partial charge < -0.3 is 19.7 Å². The van der Waals surface area contributed by atoms with Crippen molar-refractivity contribution in [3.8, 4) is 5.75 Å². The van der Waals surface area contributed by atoms with Gasteiger partial charge in [0.2, 0.25) is 0 Å². The number of rotatable bonds is 3.